The fraction of sp³-hybridized carbons (Fsp3) is 0.200. The number of aryl methyl sites for hydroxylation is 1. The molecule has 2 heterocycles. The van der Waals surface area contributed by atoms with Gasteiger partial charge in [0.1, 0.15) is 12.2 Å². The molecule has 1 aliphatic heterocycles. The van der Waals surface area contributed by atoms with Crippen LogP contribution in [0, 0.1) is 0 Å². The van der Waals surface area contributed by atoms with E-state index in [-0.39, 0.29) is 18.4 Å². The van der Waals surface area contributed by atoms with E-state index in [0.29, 0.717) is 29.3 Å². The summed E-state index contributed by atoms with van der Waals surface area (Å²) >= 11 is 0. The summed E-state index contributed by atoms with van der Waals surface area (Å²) in [7, 11) is 0. The van der Waals surface area contributed by atoms with Crippen molar-refractivity contribution in [3.8, 4) is 0 Å². The van der Waals surface area contributed by atoms with Crippen molar-refractivity contribution in [2.75, 3.05) is 22.5 Å². The summed E-state index contributed by atoms with van der Waals surface area (Å²) in [6.45, 7) is 2.58. The van der Waals surface area contributed by atoms with Crippen LogP contribution >= 0.6 is 0 Å². The number of hydrogen-bond donors (Lipinski definition) is 2. The molecule has 0 radical (unpaired) electrons. The van der Waals surface area contributed by atoms with E-state index in [1.54, 1.807) is 22.9 Å². The van der Waals surface area contributed by atoms with Gasteiger partial charge in [0, 0.05) is 12.7 Å². The molecule has 108 valence electrons. The second-order valence-corrected chi connectivity index (χ2v) is 4.90. The molecule has 0 saturated heterocycles. The average molecular weight is 284 g/mol. The third kappa shape index (κ3) is 2.24. The lowest BCUT2D eigenvalue weighted by molar-refractivity contribution is -0.115. The molecule has 0 bridgehead atoms. The van der Waals surface area contributed by atoms with Crippen molar-refractivity contribution in [3.05, 3.63) is 42.2 Å². The van der Waals surface area contributed by atoms with E-state index in [9.17, 15) is 9.59 Å². The topological polar surface area (TPSA) is 80.4 Å². The van der Waals surface area contributed by atoms with Crippen LogP contribution in [-0.2, 0) is 11.3 Å². The zero-order valence-corrected chi connectivity index (χ0v) is 11.7. The molecule has 3 N–H and O–H groups in total. The smallest absolute Gasteiger partial charge is 0.275 e. The van der Waals surface area contributed by atoms with Gasteiger partial charge in [0.05, 0.1) is 17.1 Å². The number of nitrogens with two attached hydrogens (primary N) is 1. The Balaban J connectivity index is 2.04. The Kier molecular flexibility index (Phi) is 3.13. The highest BCUT2D eigenvalue weighted by molar-refractivity contribution is 6.14. The summed E-state index contributed by atoms with van der Waals surface area (Å²) in [6.07, 6.45) is 1.73. The normalized spacial score (nSPS) is 13.8. The van der Waals surface area contributed by atoms with E-state index in [2.05, 4.69) is 5.32 Å². The molecule has 21 heavy (non-hydrogen) atoms. The van der Waals surface area contributed by atoms with E-state index >= 15 is 0 Å². The van der Waals surface area contributed by atoms with Crippen LogP contribution in [0.2, 0.25) is 0 Å². The molecule has 1 aromatic carbocycles. The average Bonchev–Trinajstić information content (AvgIpc) is 2.86. The largest absolute Gasteiger partial charge is 0.397 e. The number of nitrogens with one attached hydrogen (secondary N) is 1. The van der Waals surface area contributed by atoms with E-state index in [0.717, 1.165) is 0 Å². The zero-order valence-electron chi connectivity index (χ0n) is 11.7. The third-order valence-corrected chi connectivity index (χ3v) is 3.49. The first kappa shape index (κ1) is 13.2. The number of benzene rings is 1. The Morgan fingerprint density at radius 1 is 1.38 bits per heavy atom. The highest BCUT2D eigenvalue weighted by Crippen LogP contribution is 2.30. The van der Waals surface area contributed by atoms with Crippen molar-refractivity contribution >= 4 is 28.9 Å². The number of nitrogens with zero attached hydrogens (tertiary/aromatic N) is 2. The summed E-state index contributed by atoms with van der Waals surface area (Å²) < 4.78 is 1.78. The number of para-hydroxylation sites is 2. The number of fused-ring (bicyclic) bond motifs is 1. The number of rotatable bonds is 2. The minimum absolute atomic E-state index is 0.00461. The second kappa shape index (κ2) is 4.97. The quantitative estimate of drug-likeness (QED) is 0.880. The van der Waals surface area contributed by atoms with Crippen LogP contribution in [0.1, 0.15) is 17.4 Å². The summed E-state index contributed by atoms with van der Waals surface area (Å²) in [5.74, 6) is -0.430. The molecular weight excluding hydrogens is 268 g/mol. The first-order valence-electron chi connectivity index (χ1n) is 6.76. The van der Waals surface area contributed by atoms with Gasteiger partial charge < -0.3 is 15.6 Å². The molecular formula is C15H16N4O2. The molecule has 1 aliphatic rings. The Morgan fingerprint density at radius 3 is 2.90 bits per heavy atom. The Morgan fingerprint density at radius 2 is 2.14 bits per heavy atom. The van der Waals surface area contributed by atoms with Crippen LogP contribution in [0.5, 0.6) is 0 Å². The molecule has 6 heteroatoms. The third-order valence-electron chi connectivity index (χ3n) is 3.49. The zero-order chi connectivity index (χ0) is 15.0. The second-order valence-electron chi connectivity index (χ2n) is 4.90. The van der Waals surface area contributed by atoms with E-state index in [4.69, 9.17) is 5.73 Å². The van der Waals surface area contributed by atoms with Crippen molar-refractivity contribution in [3.63, 3.8) is 0 Å². The van der Waals surface area contributed by atoms with Crippen molar-refractivity contribution in [1.82, 2.24) is 4.57 Å². The lowest BCUT2D eigenvalue weighted by Gasteiger charge is -2.29. The fourth-order valence-corrected chi connectivity index (χ4v) is 2.53. The number of aromatic nitrogens is 1. The molecule has 0 unspecified atom stereocenters. The molecule has 0 aliphatic carbocycles. The van der Waals surface area contributed by atoms with Gasteiger partial charge in [-0.15, -0.1) is 0 Å². The molecule has 0 saturated carbocycles. The number of carbonyl (C=O) groups excluding carboxylic acids is 2. The number of hydrogen-bond acceptors (Lipinski definition) is 3. The maximum atomic E-state index is 12.8. The number of nitrogen functional groups attached to an aromatic ring is 1. The van der Waals surface area contributed by atoms with Gasteiger partial charge in [-0.05, 0) is 25.1 Å². The Bertz CT molecular complexity index is 720. The number of amides is 2. The van der Waals surface area contributed by atoms with Crippen molar-refractivity contribution in [1.29, 1.82) is 0 Å². The van der Waals surface area contributed by atoms with Crippen LogP contribution in [0.4, 0.5) is 17.1 Å². The van der Waals surface area contributed by atoms with Crippen molar-refractivity contribution < 1.29 is 9.59 Å². The van der Waals surface area contributed by atoms with Crippen LogP contribution in [-0.4, -0.2) is 22.9 Å². The van der Waals surface area contributed by atoms with E-state index in [1.807, 2.05) is 25.1 Å². The van der Waals surface area contributed by atoms with Gasteiger partial charge in [-0.25, -0.2) is 0 Å². The summed E-state index contributed by atoms with van der Waals surface area (Å²) in [5.41, 5.74) is 8.14. The lowest BCUT2D eigenvalue weighted by atomic mass is 10.2. The molecule has 0 spiro atoms. The lowest BCUT2D eigenvalue weighted by Crippen LogP contribution is -2.42. The Hall–Kier alpha value is -2.76. The summed E-state index contributed by atoms with van der Waals surface area (Å²) in [4.78, 5) is 26.0. The van der Waals surface area contributed by atoms with E-state index < -0.39 is 0 Å². The molecule has 6 nitrogen and oxygen atoms in total. The van der Waals surface area contributed by atoms with Gasteiger partial charge in [0.15, 0.2) is 0 Å². The molecule has 2 aromatic rings. The maximum absolute atomic E-state index is 12.8. The minimum Gasteiger partial charge on any atom is -0.397 e. The number of carbonyl (C=O) groups is 2. The van der Waals surface area contributed by atoms with Crippen molar-refractivity contribution in [2.45, 2.75) is 13.5 Å². The van der Waals surface area contributed by atoms with Crippen LogP contribution in [0.15, 0.2) is 36.5 Å². The minimum atomic E-state index is -0.226. The highest BCUT2D eigenvalue weighted by Gasteiger charge is 2.28. The van der Waals surface area contributed by atoms with E-state index in [1.165, 1.54) is 4.90 Å². The summed E-state index contributed by atoms with van der Waals surface area (Å²) in [5, 5.41) is 2.77. The highest BCUT2D eigenvalue weighted by atomic mass is 16.2. The number of anilines is 3. The van der Waals surface area contributed by atoms with Gasteiger partial charge in [0.25, 0.3) is 5.91 Å². The SMILES string of the molecule is CCn1cc(N)cc1C(=O)N1CC(=O)Nc2ccccc21. The van der Waals surface area contributed by atoms with Gasteiger partial charge in [-0.3, -0.25) is 14.5 Å². The first-order chi connectivity index (χ1) is 10.1. The van der Waals surface area contributed by atoms with Gasteiger partial charge in [0.2, 0.25) is 5.91 Å². The summed E-state index contributed by atoms with van der Waals surface area (Å²) in [6, 6.07) is 8.89. The molecule has 2 amide bonds. The predicted molar refractivity (Wildman–Crippen MR) is 81.3 cm³/mol. The van der Waals surface area contributed by atoms with Gasteiger partial charge >= 0.3 is 0 Å². The fourth-order valence-electron chi connectivity index (χ4n) is 2.53. The first-order valence-corrected chi connectivity index (χ1v) is 6.76. The molecule has 0 atom stereocenters. The van der Waals surface area contributed by atoms with Gasteiger partial charge in [-0.1, -0.05) is 12.1 Å². The monoisotopic (exact) mass is 284 g/mol. The molecule has 0 fully saturated rings. The maximum Gasteiger partial charge on any atom is 0.275 e. The van der Waals surface area contributed by atoms with Crippen LogP contribution in [0.3, 0.4) is 0 Å². The predicted octanol–water partition coefficient (Wildman–Crippen LogP) is 1.69. The van der Waals surface area contributed by atoms with Crippen LogP contribution < -0.4 is 16.0 Å². The Labute approximate surface area is 122 Å². The molecule has 3 rings (SSSR count). The standard InChI is InChI=1S/C15H16N4O2/c1-2-18-8-10(16)7-13(18)15(21)19-9-14(20)17-11-5-3-4-6-12(11)19/h3-8H,2,9,16H2,1H3,(H,17,20). The van der Waals surface area contributed by atoms with Gasteiger partial charge in [-0.2, -0.15) is 0 Å². The van der Waals surface area contributed by atoms with Crippen molar-refractivity contribution in [2.24, 2.45) is 0 Å². The molecule has 1 aromatic heterocycles. The van der Waals surface area contributed by atoms with Crippen LogP contribution in [0.25, 0.3) is 0 Å².